The zero-order valence-electron chi connectivity index (χ0n) is 10.9. The van der Waals surface area contributed by atoms with Crippen molar-refractivity contribution in [1.29, 1.82) is 0 Å². The molecule has 6 heteroatoms. The van der Waals surface area contributed by atoms with Crippen molar-refractivity contribution in [3.8, 4) is 0 Å². The van der Waals surface area contributed by atoms with Gasteiger partial charge in [-0.3, -0.25) is 9.59 Å². The standard InChI is InChI=1S/C12H23N3O2.ClH/c1-2-3-4-5-6-15-7-9(11(13)16)10(8-15)12(14)17;/h9-10H,2-8H2,1H3,(H2,13,16)(H2,14,17);1H. The second kappa shape index (κ2) is 8.32. The van der Waals surface area contributed by atoms with Crippen molar-refractivity contribution < 1.29 is 9.59 Å². The second-order valence-corrected chi connectivity index (χ2v) is 4.84. The Morgan fingerprint density at radius 3 is 1.94 bits per heavy atom. The van der Waals surface area contributed by atoms with Crippen LogP contribution in [0.4, 0.5) is 0 Å². The average molecular weight is 278 g/mol. The summed E-state index contributed by atoms with van der Waals surface area (Å²) in [4.78, 5) is 24.6. The van der Waals surface area contributed by atoms with Gasteiger partial charge >= 0.3 is 0 Å². The molecule has 0 aliphatic carbocycles. The lowest BCUT2D eigenvalue weighted by Gasteiger charge is -2.14. The summed E-state index contributed by atoms with van der Waals surface area (Å²) >= 11 is 0. The second-order valence-electron chi connectivity index (χ2n) is 4.84. The van der Waals surface area contributed by atoms with Crippen molar-refractivity contribution in [3.05, 3.63) is 0 Å². The number of nitrogens with zero attached hydrogens (tertiary/aromatic N) is 1. The molecule has 0 bridgehead atoms. The fraction of sp³-hybridized carbons (Fsp3) is 0.833. The molecule has 0 spiro atoms. The third kappa shape index (κ3) is 4.82. The van der Waals surface area contributed by atoms with E-state index in [2.05, 4.69) is 11.8 Å². The van der Waals surface area contributed by atoms with E-state index in [-0.39, 0.29) is 12.4 Å². The summed E-state index contributed by atoms with van der Waals surface area (Å²) in [7, 11) is 0. The topological polar surface area (TPSA) is 89.4 Å². The number of carbonyl (C=O) groups excluding carboxylic acids is 2. The van der Waals surface area contributed by atoms with E-state index in [0.29, 0.717) is 13.1 Å². The van der Waals surface area contributed by atoms with Crippen molar-refractivity contribution in [2.45, 2.75) is 32.6 Å². The zero-order valence-corrected chi connectivity index (χ0v) is 11.7. The van der Waals surface area contributed by atoms with E-state index < -0.39 is 23.7 Å². The molecule has 2 atom stereocenters. The van der Waals surface area contributed by atoms with Crippen LogP contribution in [0.15, 0.2) is 0 Å². The predicted molar refractivity (Wildman–Crippen MR) is 73.2 cm³/mol. The first-order chi connectivity index (χ1) is 8.06. The first-order valence-corrected chi connectivity index (χ1v) is 6.37. The highest BCUT2D eigenvalue weighted by atomic mass is 35.5. The zero-order chi connectivity index (χ0) is 12.8. The Bertz CT molecular complexity index is 264. The van der Waals surface area contributed by atoms with Gasteiger partial charge in [0, 0.05) is 13.1 Å². The summed E-state index contributed by atoms with van der Waals surface area (Å²) in [5, 5.41) is 0. The molecule has 4 N–H and O–H groups in total. The molecular weight excluding hydrogens is 254 g/mol. The van der Waals surface area contributed by atoms with Gasteiger partial charge in [0.05, 0.1) is 11.8 Å². The lowest BCUT2D eigenvalue weighted by Crippen LogP contribution is -2.36. The Morgan fingerprint density at radius 1 is 1.06 bits per heavy atom. The summed E-state index contributed by atoms with van der Waals surface area (Å²) < 4.78 is 0. The van der Waals surface area contributed by atoms with Crippen molar-refractivity contribution in [3.63, 3.8) is 0 Å². The van der Waals surface area contributed by atoms with Gasteiger partial charge in [0.15, 0.2) is 0 Å². The third-order valence-electron chi connectivity index (χ3n) is 3.45. The lowest BCUT2D eigenvalue weighted by molar-refractivity contribution is -0.129. The molecular formula is C12H24ClN3O2. The first kappa shape index (κ1) is 17.2. The van der Waals surface area contributed by atoms with Crippen LogP contribution in [-0.4, -0.2) is 36.3 Å². The van der Waals surface area contributed by atoms with Gasteiger partial charge in [-0.25, -0.2) is 0 Å². The highest BCUT2D eigenvalue weighted by Crippen LogP contribution is 2.23. The molecule has 0 aromatic carbocycles. The largest absolute Gasteiger partial charge is 0.369 e. The van der Waals surface area contributed by atoms with Crippen LogP contribution in [0, 0.1) is 11.8 Å². The Balaban J connectivity index is 0.00000289. The Labute approximate surface area is 115 Å². The van der Waals surface area contributed by atoms with E-state index in [0.717, 1.165) is 13.0 Å². The maximum atomic E-state index is 11.2. The van der Waals surface area contributed by atoms with Crippen LogP contribution >= 0.6 is 12.4 Å². The summed E-state index contributed by atoms with van der Waals surface area (Å²) in [5.74, 6) is -1.63. The van der Waals surface area contributed by atoms with Crippen LogP contribution < -0.4 is 11.5 Å². The molecule has 1 heterocycles. The van der Waals surface area contributed by atoms with Crippen LogP contribution in [-0.2, 0) is 9.59 Å². The number of halogens is 1. The molecule has 106 valence electrons. The Hall–Kier alpha value is -0.810. The molecule has 1 aliphatic heterocycles. The third-order valence-corrected chi connectivity index (χ3v) is 3.45. The van der Waals surface area contributed by atoms with Gasteiger partial charge in [0.1, 0.15) is 0 Å². The first-order valence-electron chi connectivity index (χ1n) is 6.37. The summed E-state index contributed by atoms with van der Waals surface area (Å²) in [6.07, 6.45) is 4.72. The van der Waals surface area contributed by atoms with E-state index in [1.807, 2.05) is 0 Å². The molecule has 1 fully saturated rings. The van der Waals surface area contributed by atoms with E-state index >= 15 is 0 Å². The number of rotatable bonds is 7. The number of unbranched alkanes of at least 4 members (excludes halogenated alkanes) is 3. The predicted octanol–water partition coefficient (Wildman–Crippen LogP) is 0.507. The Morgan fingerprint density at radius 2 is 1.56 bits per heavy atom. The number of primary amides is 2. The summed E-state index contributed by atoms with van der Waals surface area (Å²) in [6, 6.07) is 0. The van der Waals surface area contributed by atoms with Crippen molar-refractivity contribution in [2.75, 3.05) is 19.6 Å². The maximum absolute atomic E-state index is 11.2. The molecule has 0 radical (unpaired) electrons. The van der Waals surface area contributed by atoms with E-state index in [1.54, 1.807) is 0 Å². The van der Waals surface area contributed by atoms with E-state index in [1.165, 1.54) is 19.3 Å². The van der Waals surface area contributed by atoms with Gasteiger partial charge in [-0.15, -0.1) is 12.4 Å². The number of likely N-dealkylation sites (tertiary alicyclic amines) is 1. The maximum Gasteiger partial charge on any atom is 0.222 e. The fourth-order valence-corrected chi connectivity index (χ4v) is 2.41. The molecule has 1 rings (SSSR count). The van der Waals surface area contributed by atoms with Gasteiger partial charge in [0.2, 0.25) is 11.8 Å². The summed E-state index contributed by atoms with van der Waals surface area (Å²) in [6.45, 7) is 4.25. The minimum absolute atomic E-state index is 0. The van der Waals surface area contributed by atoms with E-state index in [9.17, 15) is 9.59 Å². The van der Waals surface area contributed by atoms with Crippen molar-refractivity contribution in [2.24, 2.45) is 23.3 Å². The van der Waals surface area contributed by atoms with Crippen molar-refractivity contribution >= 4 is 24.2 Å². The highest BCUT2D eigenvalue weighted by Gasteiger charge is 2.39. The monoisotopic (exact) mass is 277 g/mol. The van der Waals surface area contributed by atoms with Crippen LogP contribution in [0.5, 0.6) is 0 Å². The minimum Gasteiger partial charge on any atom is -0.369 e. The minimum atomic E-state index is -0.412. The number of amides is 2. The molecule has 5 nitrogen and oxygen atoms in total. The van der Waals surface area contributed by atoms with Crippen LogP contribution in [0.2, 0.25) is 0 Å². The highest BCUT2D eigenvalue weighted by molar-refractivity contribution is 5.87. The molecule has 2 unspecified atom stereocenters. The van der Waals surface area contributed by atoms with Gasteiger partial charge in [-0.05, 0) is 13.0 Å². The Kier molecular flexibility index (Phi) is 7.95. The number of hydrogen-bond acceptors (Lipinski definition) is 3. The lowest BCUT2D eigenvalue weighted by atomic mass is 9.95. The number of nitrogens with two attached hydrogens (primary N) is 2. The van der Waals surface area contributed by atoms with Gasteiger partial charge in [-0.2, -0.15) is 0 Å². The molecule has 18 heavy (non-hydrogen) atoms. The fourth-order valence-electron chi connectivity index (χ4n) is 2.41. The van der Waals surface area contributed by atoms with Crippen LogP contribution in [0.25, 0.3) is 0 Å². The smallest absolute Gasteiger partial charge is 0.222 e. The molecule has 1 saturated heterocycles. The van der Waals surface area contributed by atoms with Crippen LogP contribution in [0.1, 0.15) is 32.6 Å². The molecule has 1 aliphatic rings. The molecule has 2 amide bonds. The number of carbonyl (C=O) groups is 2. The van der Waals surface area contributed by atoms with Gasteiger partial charge < -0.3 is 16.4 Å². The SMILES string of the molecule is CCCCCCN1CC(C(N)=O)C(C(N)=O)C1.Cl. The molecule has 0 saturated carbocycles. The number of hydrogen-bond donors (Lipinski definition) is 2. The van der Waals surface area contributed by atoms with E-state index in [4.69, 9.17) is 11.5 Å². The molecule has 0 aromatic heterocycles. The average Bonchev–Trinajstić information content (AvgIpc) is 2.69. The van der Waals surface area contributed by atoms with Gasteiger partial charge in [0.25, 0.3) is 0 Å². The van der Waals surface area contributed by atoms with Crippen LogP contribution in [0.3, 0.4) is 0 Å². The van der Waals surface area contributed by atoms with Crippen molar-refractivity contribution in [1.82, 2.24) is 4.90 Å². The quantitative estimate of drug-likeness (QED) is 0.664. The molecule has 0 aromatic rings. The normalized spacial score (nSPS) is 23.6. The van der Waals surface area contributed by atoms with Gasteiger partial charge in [-0.1, -0.05) is 26.2 Å². The summed E-state index contributed by atoms with van der Waals surface area (Å²) in [5.41, 5.74) is 10.6.